The number of nitrogens with zero attached hydrogens (tertiary/aromatic N) is 3. The maximum Gasteiger partial charge on any atom is 0.263 e. The minimum Gasteiger partial charge on any atom is -0.480 e. The number of hydrogen-bond acceptors (Lipinski definition) is 4. The smallest absolute Gasteiger partial charge is 0.263 e. The molecule has 5 nitrogen and oxygen atoms in total. The highest BCUT2D eigenvalue weighted by atomic mass is 16.5. The molecule has 1 aromatic rings. The third kappa shape index (κ3) is 4.30. The number of ether oxygens (including phenoxy) is 1. The molecule has 2 heterocycles. The molecule has 0 bridgehead atoms. The van der Waals surface area contributed by atoms with Gasteiger partial charge in [0.25, 0.3) is 5.91 Å². The first-order valence-corrected chi connectivity index (χ1v) is 10.2. The summed E-state index contributed by atoms with van der Waals surface area (Å²) in [5.41, 5.74) is 1.29. The van der Waals surface area contributed by atoms with Gasteiger partial charge in [0, 0.05) is 38.3 Å². The summed E-state index contributed by atoms with van der Waals surface area (Å²) >= 11 is 0. The van der Waals surface area contributed by atoms with Crippen LogP contribution < -0.4 is 4.74 Å². The molecule has 150 valence electrons. The van der Waals surface area contributed by atoms with Crippen LogP contribution in [-0.2, 0) is 4.79 Å². The fourth-order valence-corrected chi connectivity index (χ4v) is 4.42. The van der Waals surface area contributed by atoms with E-state index < -0.39 is 6.10 Å². The number of carbonyl (C=O) groups is 1. The molecule has 1 spiro atoms. The van der Waals surface area contributed by atoms with E-state index in [0.717, 1.165) is 56.9 Å². The predicted octanol–water partition coefficient (Wildman–Crippen LogP) is 2.64. The van der Waals surface area contributed by atoms with Crippen LogP contribution in [0.15, 0.2) is 24.3 Å². The van der Waals surface area contributed by atoms with Gasteiger partial charge in [-0.15, -0.1) is 0 Å². The Hall–Kier alpha value is -1.59. The van der Waals surface area contributed by atoms with Gasteiger partial charge in [-0.1, -0.05) is 32.0 Å². The molecule has 0 radical (unpaired) electrons. The standard InChI is InChI=1S/C22H35N3O2/c1-17(2)20(27-19-9-7-6-8-18(19)3)21(26)25-12-10-22(11-13-25)16-23(4)14-15-24(22)5/h6-9,17,20H,10-16H2,1-5H3/t20-/m0/s1. The molecule has 0 saturated carbocycles. The van der Waals surface area contributed by atoms with Crippen molar-refractivity contribution in [1.82, 2.24) is 14.7 Å². The number of amides is 1. The van der Waals surface area contributed by atoms with E-state index in [4.69, 9.17) is 4.74 Å². The van der Waals surface area contributed by atoms with Crippen LogP contribution >= 0.6 is 0 Å². The van der Waals surface area contributed by atoms with Gasteiger partial charge in [-0.25, -0.2) is 0 Å². The average molecular weight is 374 g/mol. The van der Waals surface area contributed by atoms with Crippen LogP contribution in [0.3, 0.4) is 0 Å². The first kappa shape index (κ1) is 20.2. The van der Waals surface area contributed by atoms with Crippen LogP contribution in [0.1, 0.15) is 32.3 Å². The lowest BCUT2D eigenvalue weighted by Gasteiger charge is -2.52. The summed E-state index contributed by atoms with van der Waals surface area (Å²) in [6.07, 6.45) is 1.65. The number of piperazine rings is 1. The summed E-state index contributed by atoms with van der Waals surface area (Å²) in [5, 5.41) is 0. The second kappa shape index (κ2) is 8.19. The first-order chi connectivity index (χ1) is 12.8. The summed E-state index contributed by atoms with van der Waals surface area (Å²) in [6.45, 7) is 11.1. The molecule has 2 aliphatic heterocycles. The quantitative estimate of drug-likeness (QED) is 0.813. The molecule has 3 rings (SSSR count). The van der Waals surface area contributed by atoms with E-state index in [0.29, 0.717) is 0 Å². The highest BCUT2D eigenvalue weighted by Crippen LogP contribution is 2.32. The highest BCUT2D eigenvalue weighted by Gasteiger charge is 2.43. The third-order valence-electron chi connectivity index (χ3n) is 6.39. The number of piperidine rings is 1. The molecule has 0 unspecified atom stereocenters. The van der Waals surface area contributed by atoms with E-state index in [9.17, 15) is 4.79 Å². The van der Waals surface area contributed by atoms with Crippen LogP contribution in [0, 0.1) is 12.8 Å². The maximum absolute atomic E-state index is 13.2. The lowest BCUT2D eigenvalue weighted by molar-refractivity contribution is -0.144. The van der Waals surface area contributed by atoms with Gasteiger partial charge in [-0.2, -0.15) is 0 Å². The van der Waals surface area contributed by atoms with Crippen LogP contribution in [0.25, 0.3) is 0 Å². The van der Waals surface area contributed by atoms with Crippen LogP contribution in [0.4, 0.5) is 0 Å². The van der Waals surface area contributed by atoms with Gasteiger partial charge in [-0.3, -0.25) is 9.69 Å². The van der Waals surface area contributed by atoms with Crippen molar-refractivity contribution in [2.45, 2.75) is 45.3 Å². The molecular formula is C22H35N3O2. The third-order valence-corrected chi connectivity index (χ3v) is 6.39. The van der Waals surface area contributed by atoms with Crippen molar-refractivity contribution in [2.75, 3.05) is 46.8 Å². The zero-order valence-electron chi connectivity index (χ0n) is 17.6. The first-order valence-electron chi connectivity index (χ1n) is 10.2. The second-order valence-corrected chi connectivity index (χ2v) is 8.76. The molecule has 1 atom stereocenters. The van der Waals surface area contributed by atoms with Crippen molar-refractivity contribution in [3.8, 4) is 5.75 Å². The van der Waals surface area contributed by atoms with Crippen molar-refractivity contribution < 1.29 is 9.53 Å². The van der Waals surface area contributed by atoms with Gasteiger partial charge < -0.3 is 14.5 Å². The number of aryl methyl sites for hydroxylation is 1. The Morgan fingerprint density at radius 1 is 1.07 bits per heavy atom. The molecule has 2 fully saturated rings. The van der Waals surface area contributed by atoms with Crippen molar-refractivity contribution in [3.05, 3.63) is 29.8 Å². The summed E-state index contributed by atoms with van der Waals surface area (Å²) in [4.78, 5) is 20.2. The molecule has 2 saturated heterocycles. The number of hydrogen-bond donors (Lipinski definition) is 0. The minimum atomic E-state index is -0.424. The van der Waals surface area contributed by atoms with E-state index in [2.05, 4.69) is 37.7 Å². The highest BCUT2D eigenvalue weighted by molar-refractivity contribution is 5.81. The van der Waals surface area contributed by atoms with Gasteiger partial charge in [0.1, 0.15) is 5.75 Å². The predicted molar refractivity (Wildman–Crippen MR) is 109 cm³/mol. The van der Waals surface area contributed by atoms with Gasteiger partial charge in [-0.05, 0) is 51.4 Å². The monoisotopic (exact) mass is 373 g/mol. The minimum absolute atomic E-state index is 0.134. The maximum atomic E-state index is 13.2. The van der Waals surface area contributed by atoms with E-state index in [1.807, 2.05) is 36.1 Å². The Bertz CT molecular complexity index is 653. The molecule has 0 N–H and O–H groups in total. The molecule has 0 aromatic heterocycles. The molecule has 5 heteroatoms. The van der Waals surface area contributed by atoms with Gasteiger partial charge in [0.2, 0.25) is 0 Å². The lowest BCUT2D eigenvalue weighted by atomic mass is 9.83. The number of likely N-dealkylation sites (tertiary alicyclic amines) is 1. The molecule has 1 amide bonds. The second-order valence-electron chi connectivity index (χ2n) is 8.76. The van der Waals surface area contributed by atoms with Crippen molar-refractivity contribution >= 4 is 5.91 Å². The van der Waals surface area contributed by atoms with Gasteiger partial charge in [0.15, 0.2) is 6.10 Å². The Morgan fingerprint density at radius 3 is 2.37 bits per heavy atom. The van der Waals surface area contributed by atoms with Crippen LogP contribution in [0.2, 0.25) is 0 Å². The Kier molecular flexibility index (Phi) is 6.11. The largest absolute Gasteiger partial charge is 0.480 e. The van der Waals surface area contributed by atoms with E-state index >= 15 is 0 Å². The Morgan fingerprint density at radius 2 is 1.74 bits per heavy atom. The van der Waals surface area contributed by atoms with Gasteiger partial charge in [0.05, 0.1) is 0 Å². The fourth-order valence-electron chi connectivity index (χ4n) is 4.42. The molecular weight excluding hydrogens is 338 g/mol. The average Bonchev–Trinajstić information content (AvgIpc) is 2.64. The Balaban J connectivity index is 1.67. The zero-order valence-corrected chi connectivity index (χ0v) is 17.6. The fraction of sp³-hybridized carbons (Fsp3) is 0.682. The van der Waals surface area contributed by atoms with Gasteiger partial charge >= 0.3 is 0 Å². The summed E-state index contributed by atoms with van der Waals surface area (Å²) in [6, 6.07) is 7.94. The summed E-state index contributed by atoms with van der Waals surface area (Å²) in [5.74, 6) is 1.08. The van der Waals surface area contributed by atoms with Crippen LogP contribution in [0.5, 0.6) is 5.75 Å². The molecule has 27 heavy (non-hydrogen) atoms. The van der Waals surface area contributed by atoms with Crippen LogP contribution in [-0.4, -0.2) is 79.1 Å². The Labute approximate surface area is 164 Å². The zero-order chi connectivity index (χ0) is 19.6. The number of carbonyl (C=O) groups excluding carboxylic acids is 1. The SMILES string of the molecule is Cc1ccccc1O[C@H](C(=O)N1CCC2(CC1)CN(C)CCN2C)C(C)C. The van der Waals surface area contributed by atoms with E-state index in [-0.39, 0.29) is 17.4 Å². The number of para-hydroxylation sites is 1. The van der Waals surface area contributed by atoms with E-state index in [1.54, 1.807) is 0 Å². The molecule has 0 aliphatic carbocycles. The number of likely N-dealkylation sites (N-methyl/N-ethyl adjacent to an activating group) is 2. The van der Waals surface area contributed by atoms with E-state index in [1.165, 1.54) is 0 Å². The molecule has 1 aromatic carbocycles. The number of benzene rings is 1. The van der Waals surface area contributed by atoms with Crippen molar-refractivity contribution in [1.29, 1.82) is 0 Å². The normalized spacial score (nSPS) is 22.2. The number of rotatable bonds is 4. The molecule has 2 aliphatic rings. The van der Waals surface area contributed by atoms with Crippen molar-refractivity contribution in [2.24, 2.45) is 5.92 Å². The van der Waals surface area contributed by atoms with Crippen molar-refractivity contribution in [3.63, 3.8) is 0 Å². The topological polar surface area (TPSA) is 36.0 Å². The summed E-state index contributed by atoms with van der Waals surface area (Å²) < 4.78 is 6.19. The lowest BCUT2D eigenvalue weighted by Crippen LogP contribution is -2.64. The summed E-state index contributed by atoms with van der Waals surface area (Å²) in [7, 11) is 4.44.